The number of carbonyl (C=O) groups is 1. The lowest BCUT2D eigenvalue weighted by Gasteiger charge is -2.12. The maximum Gasteiger partial charge on any atom is 0.329 e. The Morgan fingerprint density at radius 1 is 1.52 bits per heavy atom. The first kappa shape index (κ1) is 14.0. The third-order valence-electron chi connectivity index (χ3n) is 3.59. The fraction of sp³-hybridized carbons (Fsp3) is 0.462. The number of ether oxygens (including phenoxy) is 1. The van der Waals surface area contributed by atoms with E-state index in [0.717, 1.165) is 24.2 Å². The van der Waals surface area contributed by atoms with Gasteiger partial charge in [0.15, 0.2) is 5.78 Å². The van der Waals surface area contributed by atoms with Crippen LogP contribution in [0.3, 0.4) is 0 Å². The van der Waals surface area contributed by atoms with Gasteiger partial charge < -0.3 is 10.5 Å². The Morgan fingerprint density at radius 3 is 2.90 bits per heavy atom. The zero-order valence-electron chi connectivity index (χ0n) is 11.5. The Labute approximate surface area is 123 Å². The lowest BCUT2D eigenvalue weighted by molar-refractivity contribution is 0.0970. The first-order valence-corrected chi connectivity index (χ1v) is 7.48. The normalized spacial score (nSPS) is 18.4. The standard InChI is InChI=1S/C13H15N3O4S/c1-6(17)10-9(14)8-11(18)15-13(19)16(12(8)21-10)5-7-3-2-4-20-7/h7H,2-5,14H2,1H3,(H,15,18,19)/t7-/m0/s1. The van der Waals surface area contributed by atoms with Gasteiger partial charge in [-0.1, -0.05) is 0 Å². The zero-order valence-corrected chi connectivity index (χ0v) is 12.3. The van der Waals surface area contributed by atoms with Crippen LogP contribution >= 0.6 is 11.3 Å². The van der Waals surface area contributed by atoms with Crippen LogP contribution in [0, 0.1) is 0 Å². The van der Waals surface area contributed by atoms with Crippen molar-refractivity contribution >= 4 is 33.0 Å². The fourth-order valence-electron chi connectivity index (χ4n) is 2.58. The maximum absolute atomic E-state index is 12.1. The van der Waals surface area contributed by atoms with Crippen molar-refractivity contribution < 1.29 is 9.53 Å². The van der Waals surface area contributed by atoms with Crippen LogP contribution in [0.25, 0.3) is 10.2 Å². The van der Waals surface area contributed by atoms with Crippen molar-refractivity contribution in [3.05, 3.63) is 25.7 Å². The molecule has 0 amide bonds. The summed E-state index contributed by atoms with van der Waals surface area (Å²) in [6, 6.07) is 0. The van der Waals surface area contributed by atoms with Crippen LogP contribution in [0.2, 0.25) is 0 Å². The van der Waals surface area contributed by atoms with Crippen LogP contribution < -0.4 is 17.0 Å². The van der Waals surface area contributed by atoms with Crippen molar-refractivity contribution in [3.8, 4) is 0 Å². The van der Waals surface area contributed by atoms with E-state index < -0.39 is 11.2 Å². The molecule has 0 spiro atoms. The number of fused-ring (bicyclic) bond motifs is 1. The van der Waals surface area contributed by atoms with E-state index in [1.54, 1.807) is 0 Å². The summed E-state index contributed by atoms with van der Waals surface area (Å²) in [7, 11) is 0. The summed E-state index contributed by atoms with van der Waals surface area (Å²) in [6.45, 7) is 2.42. The third-order valence-corrected chi connectivity index (χ3v) is 4.92. The highest BCUT2D eigenvalue weighted by Gasteiger charge is 2.22. The quantitative estimate of drug-likeness (QED) is 0.812. The van der Waals surface area contributed by atoms with Gasteiger partial charge in [0.2, 0.25) is 0 Å². The van der Waals surface area contributed by atoms with Gasteiger partial charge in [0.05, 0.1) is 28.6 Å². The van der Waals surface area contributed by atoms with Crippen molar-refractivity contribution in [3.63, 3.8) is 0 Å². The summed E-state index contributed by atoms with van der Waals surface area (Å²) in [5.74, 6) is -0.218. The van der Waals surface area contributed by atoms with Gasteiger partial charge in [0.1, 0.15) is 4.83 Å². The number of nitrogens with zero attached hydrogens (tertiary/aromatic N) is 1. The second-order valence-corrected chi connectivity index (χ2v) is 6.09. The summed E-state index contributed by atoms with van der Waals surface area (Å²) in [5, 5.41) is 0.211. The number of nitrogen functional groups attached to an aromatic ring is 1. The summed E-state index contributed by atoms with van der Waals surface area (Å²) in [5.41, 5.74) is 4.98. The van der Waals surface area contributed by atoms with E-state index >= 15 is 0 Å². The topological polar surface area (TPSA) is 107 Å². The number of aromatic amines is 1. The average Bonchev–Trinajstić information content (AvgIpc) is 3.02. The predicted molar refractivity (Wildman–Crippen MR) is 80.1 cm³/mol. The molecule has 1 saturated heterocycles. The average molecular weight is 309 g/mol. The second kappa shape index (κ2) is 5.12. The molecule has 2 aromatic heterocycles. The van der Waals surface area contributed by atoms with Crippen LogP contribution in [-0.4, -0.2) is 28.0 Å². The molecule has 0 radical (unpaired) electrons. The summed E-state index contributed by atoms with van der Waals surface area (Å²) in [6.07, 6.45) is 1.77. The second-order valence-electron chi connectivity index (χ2n) is 5.09. The Hall–Kier alpha value is -1.93. The number of thiophene rings is 1. The number of H-pyrrole nitrogens is 1. The number of nitrogens with one attached hydrogen (secondary N) is 1. The van der Waals surface area contributed by atoms with E-state index in [-0.39, 0.29) is 23.0 Å². The number of rotatable bonds is 3. The minimum absolute atomic E-state index is 0.0547. The van der Waals surface area contributed by atoms with Gasteiger partial charge in [0, 0.05) is 13.5 Å². The molecule has 112 valence electrons. The van der Waals surface area contributed by atoms with Gasteiger partial charge in [-0.3, -0.25) is 19.1 Å². The minimum Gasteiger partial charge on any atom is -0.397 e. The molecule has 1 fully saturated rings. The highest BCUT2D eigenvalue weighted by Crippen LogP contribution is 2.31. The molecule has 3 rings (SSSR count). The fourth-order valence-corrected chi connectivity index (χ4v) is 3.70. The van der Waals surface area contributed by atoms with E-state index in [0.29, 0.717) is 22.9 Å². The van der Waals surface area contributed by atoms with Crippen LogP contribution in [0.15, 0.2) is 9.59 Å². The SMILES string of the molecule is CC(=O)c1sc2c(c1N)c(=O)[nH]c(=O)n2C[C@@H]1CCCO1. The molecule has 1 aliphatic rings. The van der Waals surface area contributed by atoms with Gasteiger partial charge in [-0.15, -0.1) is 11.3 Å². The molecule has 1 atom stereocenters. The zero-order chi connectivity index (χ0) is 15.1. The van der Waals surface area contributed by atoms with Crippen LogP contribution in [0.4, 0.5) is 5.69 Å². The van der Waals surface area contributed by atoms with E-state index in [9.17, 15) is 14.4 Å². The molecule has 3 heterocycles. The van der Waals surface area contributed by atoms with Crippen molar-refractivity contribution in [2.24, 2.45) is 0 Å². The van der Waals surface area contributed by atoms with E-state index in [1.165, 1.54) is 11.5 Å². The first-order valence-electron chi connectivity index (χ1n) is 6.66. The highest BCUT2D eigenvalue weighted by atomic mass is 32.1. The number of hydrogen-bond donors (Lipinski definition) is 2. The van der Waals surface area contributed by atoms with Gasteiger partial charge in [0.25, 0.3) is 5.56 Å². The number of nitrogens with two attached hydrogens (primary N) is 1. The molecule has 0 unspecified atom stereocenters. The monoisotopic (exact) mass is 309 g/mol. The number of hydrogen-bond acceptors (Lipinski definition) is 6. The Balaban J connectivity index is 2.23. The Bertz CT molecular complexity index is 826. The number of Topliss-reactive ketones (excluding diaryl/α,β-unsaturated/α-hetero) is 1. The predicted octanol–water partition coefficient (Wildman–Crippen LogP) is 0.715. The van der Waals surface area contributed by atoms with Crippen molar-refractivity contribution in [2.45, 2.75) is 32.4 Å². The molecule has 21 heavy (non-hydrogen) atoms. The lowest BCUT2D eigenvalue weighted by atomic mass is 10.2. The van der Waals surface area contributed by atoms with E-state index in [1.807, 2.05) is 0 Å². The Kier molecular flexibility index (Phi) is 3.42. The first-order chi connectivity index (χ1) is 9.99. The van der Waals surface area contributed by atoms with Crippen LogP contribution in [0.5, 0.6) is 0 Å². The van der Waals surface area contributed by atoms with Crippen molar-refractivity contribution in [1.82, 2.24) is 9.55 Å². The number of anilines is 1. The molecule has 0 saturated carbocycles. The molecule has 7 nitrogen and oxygen atoms in total. The minimum atomic E-state index is -0.556. The molecular weight excluding hydrogens is 294 g/mol. The summed E-state index contributed by atoms with van der Waals surface area (Å²) >= 11 is 1.08. The largest absolute Gasteiger partial charge is 0.397 e. The molecular formula is C13H15N3O4S. The van der Waals surface area contributed by atoms with E-state index in [2.05, 4.69) is 4.98 Å². The number of ketones is 1. The van der Waals surface area contributed by atoms with Crippen molar-refractivity contribution in [2.75, 3.05) is 12.3 Å². The maximum atomic E-state index is 12.1. The van der Waals surface area contributed by atoms with Gasteiger partial charge in [-0.05, 0) is 12.8 Å². The molecule has 0 aliphatic carbocycles. The lowest BCUT2D eigenvalue weighted by Crippen LogP contribution is -2.33. The molecule has 0 bridgehead atoms. The molecule has 3 N–H and O–H groups in total. The van der Waals surface area contributed by atoms with Crippen LogP contribution in [-0.2, 0) is 11.3 Å². The van der Waals surface area contributed by atoms with E-state index in [4.69, 9.17) is 10.5 Å². The third kappa shape index (κ3) is 2.30. The van der Waals surface area contributed by atoms with Crippen molar-refractivity contribution in [1.29, 1.82) is 0 Å². The highest BCUT2D eigenvalue weighted by molar-refractivity contribution is 7.21. The molecule has 1 aliphatic heterocycles. The Morgan fingerprint density at radius 2 is 2.29 bits per heavy atom. The van der Waals surface area contributed by atoms with Gasteiger partial charge in [-0.2, -0.15) is 0 Å². The summed E-state index contributed by atoms with van der Waals surface area (Å²) < 4.78 is 6.97. The van der Waals surface area contributed by atoms with Gasteiger partial charge >= 0.3 is 5.69 Å². The molecule has 0 aromatic carbocycles. The smallest absolute Gasteiger partial charge is 0.329 e. The molecule has 8 heteroatoms. The van der Waals surface area contributed by atoms with Gasteiger partial charge in [-0.25, -0.2) is 4.79 Å². The molecule has 2 aromatic rings. The summed E-state index contributed by atoms with van der Waals surface area (Å²) in [4.78, 5) is 38.6. The number of carbonyl (C=O) groups excluding carboxylic acids is 1. The van der Waals surface area contributed by atoms with Crippen LogP contribution in [0.1, 0.15) is 29.4 Å². The number of aromatic nitrogens is 2.